The standard InChI is InChI=1S/C13H19N3OS/c17-12(9-5-7-14-8-6-9)16-13-15-10-3-1-2-4-11(10)18-13/h9,14H,1-8H2,(H,15,16,17). The number of piperidine rings is 1. The first-order valence-corrected chi connectivity index (χ1v) is 7.65. The van der Waals surface area contributed by atoms with E-state index in [1.165, 1.54) is 23.4 Å². The number of rotatable bonds is 2. The molecule has 18 heavy (non-hydrogen) atoms. The van der Waals surface area contributed by atoms with Gasteiger partial charge in [-0.1, -0.05) is 0 Å². The van der Waals surface area contributed by atoms with Crippen LogP contribution in [0.2, 0.25) is 0 Å². The van der Waals surface area contributed by atoms with Crippen molar-refractivity contribution >= 4 is 22.4 Å². The maximum atomic E-state index is 12.1. The number of nitrogens with one attached hydrogen (secondary N) is 2. The SMILES string of the molecule is O=C(Nc1nc2c(s1)CCCC2)C1CCNCC1. The Hall–Kier alpha value is -0.940. The van der Waals surface area contributed by atoms with E-state index < -0.39 is 0 Å². The predicted octanol–water partition coefficient (Wildman–Crippen LogP) is 1.96. The van der Waals surface area contributed by atoms with Crippen LogP contribution in [0.5, 0.6) is 0 Å². The molecule has 0 atom stereocenters. The monoisotopic (exact) mass is 265 g/mol. The van der Waals surface area contributed by atoms with Gasteiger partial charge < -0.3 is 10.6 Å². The number of hydrogen-bond donors (Lipinski definition) is 2. The number of aromatic nitrogens is 1. The Morgan fingerprint density at radius 1 is 1.28 bits per heavy atom. The van der Waals surface area contributed by atoms with Crippen molar-refractivity contribution in [3.63, 3.8) is 0 Å². The molecule has 0 spiro atoms. The van der Waals surface area contributed by atoms with Crippen molar-refractivity contribution in [1.29, 1.82) is 0 Å². The third kappa shape index (κ3) is 2.57. The van der Waals surface area contributed by atoms with Gasteiger partial charge in [0, 0.05) is 10.8 Å². The van der Waals surface area contributed by atoms with Gasteiger partial charge in [0.1, 0.15) is 0 Å². The summed E-state index contributed by atoms with van der Waals surface area (Å²) in [5.41, 5.74) is 1.21. The highest BCUT2D eigenvalue weighted by atomic mass is 32.1. The van der Waals surface area contributed by atoms with E-state index in [4.69, 9.17) is 0 Å². The minimum Gasteiger partial charge on any atom is -0.317 e. The first-order valence-electron chi connectivity index (χ1n) is 6.83. The average molecular weight is 265 g/mol. The second-order valence-electron chi connectivity index (χ2n) is 5.11. The topological polar surface area (TPSA) is 54.0 Å². The molecular weight excluding hydrogens is 246 g/mol. The molecule has 98 valence electrons. The molecule has 3 rings (SSSR count). The lowest BCUT2D eigenvalue weighted by Gasteiger charge is -2.20. The zero-order chi connectivity index (χ0) is 12.4. The Kier molecular flexibility index (Phi) is 3.61. The average Bonchev–Trinajstić information content (AvgIpc) is 2.82. The lowest BCUT2D eigenvalue weighted by atomic mass is 9.97. The molecule has 0 bridgehead atoms. The summed E-state index contributed by atoms with van der Waals surface area (Å²) in [7, 11) is 0. The van der Waals surface area contributed by atoms with Crippen LogP contribution in [0.25, 0.3) is 0 Å². The number of hydrogen-bond acceptors (Lipinski definition) is 4. The molecule has 1 saturated heterocycles. The van der Waals surface area contributed by atoms with Crippen LogP contribution in [0, 0.1) is 5.92 Å². The van der Waals surface area contributed by atoms with Crippen LogP contribution in [0.15, 0.2) is 0 Å². The number of thiazole rings is 1. The van der Waals surface area contributed by atoms with Gasteiger partial charge in [-0.05, 0) is 51.6 Å². The third-order valence-corrected chi connectivity index (χ3v) is 4.86. The van der Waals surface area contributed by atoms with Crippen molar-refractivity contribution in [2.75, 3.05) is 18.4 Å². The highest BCUT2D eigenvalue weighted by molar-refractivity contribution is 7.15. The van der Waals surface area contributed by atoms with Crippen LogP contribution in [0.1, 0.15) is 36.3 Å². The van der Waals surface area contributed by atoms with Crippen LogP contribution in [-0.4, -0.2) is 24.0 Å². The minimum absolute atomic E-state index is 0.155. The van der Waals surface area contributed by atoms with E-state index in [1.54, 1.807) is 11.3 Å². The zero-order valence-corrected chi connectivity index (χ0v) is 11.3. The van der Waals surface area contributed by atoms with Gasteiger partial charge in [-0.15, -0.1) is 11.3 Å². The van der Waals surface area contributed by atoms with E-state index in [0.717, 1.165) is 43.9 Å². The van der Waals surface area contributed by atoms with E-state index in [-0.39, 0.29) is 11.8 Å². The fourth-order valence-corrected chi connectivity index (χ4v) is 3.75. The molecule has 1 fully saturated rings. The molecule has 2 aliphatic rings. The van der Waals surface area contributed by atoms with Gasteiger partial charge in [-0.25, -0.2) is 4.98 Å². The normalized spacial score (nSPS) is 20.4. The largest absolute Gasteiger partial charge is 0.317 e. The first-order chi connectivity index (χ1) is 8.83. The van der Waals surface area contributed by atoms with Crippen LogP contribution in [0.4, 0.5) is 5.13 Å². The Morgan fingerprint density at radius 2 is 2.06 bits per heavy atom. The summed E-state index contributed by atoms with van der Waals surface area (Å²) in [5, 5.41) is 7.10. The van der Waals surface area contributed by atoms with Crippen molar-refractivity contribution in [2.45, 2.75) is 38.5 Å². The van der Waals surface area contributed by atoms with Crippen molar-refractivity contribution < 1.29 is 4.79 Å². The van der Waals surface area contributed by atoms with Crippen LogP contribution in [-0.2, 0) is 17.6 Å². The molecule has 2 heterocycles. The molecule has 0 aromatic carbocycles. The summed E-state index contributed by atoms with van der Waals surface area (Å²) in [4.78, 5) is 18.0. The summed E-state index contributed by atoms with van der Waals surface area (Å²) in [6.45, 7) is 1.90. The van der Waals surface area contributed by atoms with Gasteiger partial charge in [0.15, 0.2) is 5.13 Å². The fraction of sp³-hybridized carbons (Fsp3) is 0.692. The van der Waals surface area contributed by atoms with Gasteiger partial charge >= 0.3 is 0 Å². The van der Waals surface area contributed by atoms with Gasteiger partial charge in [0.25, 0.3) is 0 Å². The predicted molar refractivity (Wildman–Crippen MR) is 73.0 cm³/mol. The minimum atomic E-state index is 0.155. The van der Waals surface area contributed by atoms with E-state index in [2.05, 4.69) is 15.6 Å². The molecule has 2 N–H and O–H groups in total. The number of amides is 1. The maximum absolute atomic E-state index is 12.1. The summed E-state index contributed by atoms with van der Waals surface area (Å²) >= 11 is 1.67. The molecule has 0 unspecified atom stereocenters. The zero-order valence-electron chi connectivity index (χ0n) is 10.5. The summed E-state index contributed by atoms with van der Waals surface area (Å²) in [6, 6.07) is 0. The van der Waals surface area contributed by atoms with Gasteiger partial charge in [-0.3, -0.25) is 4.79 Å². The van der Waals surface area contributed by atoms with Gasteiger partial charge in [0.05, 0.1) is 5.69 Å². The number of nitrogens with zero attached hydrogens (tertiary/aromatic N) is 1. The number of fused-ring (bicyclic) bond motifs is 1. The Morgan fingerprint density at radius 3 is 2.83 bits per heavy atom. The molecule has 1 aromatic rings. The lowest BCUT2D eigenvalue weighted by molar-refractivity contribution is -0.120. The van der Waals surface area contributed by atoms with Gasteiger partial charge in [0.2, 0.25) is 5.91 Å². The second kappa shape index (κ2) is 5.36. The number of carbonyl (C=O) groups excluding carboxylic acids is 1. The lowest BCUT2D eigenvalue weighted by Crippen LogP contribution is -2.34. The molecule has 5 heteroatoms. The van der Waals surface area contributed by atoms with E-state index in [1.807, 2.05) is 0 Å². The molecule has 1 aromatic heterocycles. The Bertz CT molecular complexity index is 414. The molecule has 0 saturated carbocycles. The van der Waals surface area contributed by atoms with Crippen LogP contribution < -0.4 is 10.6 Å². The number of anilines is 1. The Balaban J connectivity index is 1.64. The fourth-order valence-electron chi connectivity index (χ4n) is 2.70. The number of carbonyl (C=O) groups is 1. The van der Waals surface area contributed by atoms with Crippen molar-refractivity contribution in [1.82, 2.24) is 10.3 Å². The quantitative estimate of drug-likeness (QED) is 0.859. The van der Waals surface area contributed by atoms with E-state index >= 15 is 0 Å². The number of aryl methyl sites for hydroxylation is 2. The molecular formula is C13H19N3OS. The van der Waals surface area contributed by atoms with Crippen molar-refractivity contribution in [3.8, 4) is 0 Å². The summed E-state index contributed by atoms with van der Waals surface area (Å²) in [6.07, 6.45) is 6.59. The molecule has 1 amide bonds. The second-order valence-corrected chi connectivity index (χ2v) is 6.19. The van der Waals surface area contributed by atoms with Crippen LogP contribution >= 0.6 is 11.3 Å². The highest BCUT2D eigenvalue weighted by Gasteiger charge is 2.23. The maximum Gasteiger partial charge on any atom is 0.229 e. The summed E-state index contributed by atoms with van der Waals surface area (Å²) < 4.78 is 0. The first kappa shape index (κ1) is 12.1. The van der Waals surface area contributed by atoms with Crippen molar-refractivity contribution in [3.05, 3.63) is 10.6 Å². The van der Waals surface area contributed by atoms with Crippen molar-refractivity contribution in [2.24, 2.45) is 5.92 Å². The van der Waals surface area contributed by atoms with Gasteiger partial charge in [-0.2, -0.15) is 0 Å². The highest BCUT2D eigenvalue weighted by Crippen LogP contribution is 2.30. The van der Waals surface area contributed by atoms with Crippen LogP contribution in [0.3, 0.4) is 0 Å². The molecule has 4 nitrogen and oxygen atoms in total. The molecule has 0 radical (unpaired) electrons. The summed E-state index contributed by atoms with van der Waals surface area (Å²) in [5.74, 6) is 0.315. The third-order valence-electron chi connectivity index (χ3n) is 3.79. The molecule has 1 aliphatic heterocycles. The van der Waals surface area contributed by atoms with E-state index in [9.17, 15) is 4.79 Å². The molecule has 1 aliphatic carbocycles. The smallest absolute Gasteiger partial charge is 0.229 e. The van der Waals surface area contributed by atoms with E-state index in [0.29, 0.717) is 0 Å². The Labute approximate surface area is 111 Å².